The van der Waals surface area contributed by atoms with E-state index in [1.54, 1.807) is 12.1 Å². The van der Waals surface area contributed by atoms with Gasteiger partial charge in [-0.3, -0.25) is 9.69 Å². The first kappa shape index (κ1) is 25.1. The minimum Gasteiger partial charge on any atom is -0.507 e. The van der Waals surface area contributed by atoms with Crippen LogP contribution in [0.1, 0.15) is 61.3 Å². The third-order valence-electron chi connectivity index (χ3n) is 6.26. The lowest BCUT2D eigenvalue weighted by Crippen LogP contribution is -2.28. The van der Waals surface area contributed by atoms with E-state index in [1.807, 2.05) is 6.07 Å². The van der Waals surface area contributed by atoms with E-state index in [9.17, 15) is 9.90 Å². The number of hydrogen-bond acceptors (Lipinski definition) is 11. The molecule has 0 radical (unpaired) electrons. The average molecular weight is 497 g/mol. The maximum Gasteiger partial charge on any atom is 0.293 e. The van der Waals surface area contributed by atoms with Crippen LogP contribution >= 0.6 is 0 Å². The number of phenolic OH excluding ortho intramolecular Hbond substituents is 1. The summed E-state index contributed by atoms with van der Waals surface area (Å²) in [6, 6.07) is 5.33. The molecule has 36 heavy (non-hydrogen) atoms. The van der Waals surface area contributed by atoms with Crippen molar-refractivity contribution in [3.63, 3.8) is 0 Å². The molecule has 0 spiro atoms. The Morgan fingerprint density at radius 1 is 1.22 bits per heavy atom. The molecule has 3 heterocycles. The molecule has 13 heteroatoms. The summed E-state index contributed by atoms with van der Waals surface area (Å²) in [7, 11) is 0. The van der Waals surface area contributed by atoms with Crippen LogP contribution < -0.4 is 16.1 Å². The van der Waals surface area contributed by atoms with Crippen molar-refractivity contribution < 1.29 is 14.5 Å². The number of carbonyl (C=O) groups excluding carboxylic acids is 1. The number of nitrogen functional groups attached to an aromatic ring is 1. The van der Waals surface area contributed by atoms with Gasteiger partial charge in [-0.05, 0) is 62.2 Å². The van der Waals surface area contributed by atoms with Crippen molar-refractivity contribution in [3.8, 4) is 11.6 Å². The minimum absolute atomic E-state index is 0.0469. The van der Waals surface area contributed by atoms with Crippen LogP contribution in [0.25, 0.3) is 5.82 Å². The quantitative estimate of drug-likeness (QED) is 0.294. The number of benzene rings is 1. The number of hydrogen-bond donors (Lipinski definition) is 3. The highest BCUT2D eigenvalue weighted by Gasteiger charge is 2.25. The minimum atomic E-state index is -0.545. The zero-order valence-electron chi connectivity index (χ0n) is 20.6. The van der Waals surface area contributed by atoms with Gasteiger partial charge in [0.1, 0.15) is 5.75 Å². The van der Waals surface area contributed by atoms with Gasteiger partial charge in [0.15, 0.2) is 5.69 Å². The number of nitrogens with one attached hydrogen (secondary N) is 1. The topological polar surface area (TPSA) is 164 Å². The fourth-order valence-electron chi connectivity index (χ4n) is 4.27. The van der Waals surface area contributed by atoms with Crippen LogP contribution in [0.2, 0.25) is 0 Å². The predicted molar refractivity (Wildman–Crippen MR) is 134 cm³/mol. The van der Waals surface area contributed by atoms with E-state index in [1.165, 1.54) is 23.7 Å². The Morgan fingerprint density at radius 3 is 2.61 bits per heavy atom. The fourth-order valence-corrected chi connectivity index (χ4v) is 4.27. The lowest BCUT2D eigenvalue weighted by Gasteiger charge is -2.21. The van der Waals surface area contributed by atoms with E-state index >= 15 is 0 Å². The number of likely N-dealkylation sites (tertiary alicyclic amines) is 1. The van der Waals surface area contributed by atoms with Gasteiger partial charge in [-0.1, -0.05) is 18.1 Å². The summed E-state index contributed by atoms with van der Waals surface area (Å²) in [4.78, 5) is 17.4. The van der Waals surface area contributed by atoms with Crippen LogP contribution in [-0.4, -0.2) is 73.6 Å². The maximum atomic E-state index is 13.0. The summed E-state index contributed by atoms with van der Waals surface area (Å²) in [5.74, 6) is -0.255. The van der Waals surface area contributed by atoms with Gasteiger partial charge >= 0.3 is 0 Å². The van der Waals surface area contributed by atoms with Gasteiger partial charge in [0.25, 0.3) is 5.91 Å². The van der Waals surface area contributed by atoms with E-state index in [0.717, 1.165) is 44.7 Å². The van der Waals surface area contributed by atoms with E-state index in [0.29, 0.717) is 17.8 Å². The zero-order chi connectivity index (χ0) is 25.5. The number of anilines is 2. The van der Waals surface area contributed by atoms with Crippen LogP contribution in [0.3, 0.4) is 0 Å². The standard InChI is InChI=1S/C23H32N10O3/c1-3-32(4-2)17-10-9-16(19(34)13-17)14-25-27-23(35)20-18(15-31-11-7-5-6-8-12-31)33(30-26-20)22-21(24)28-36-29-22/h9-10,13-14,34H,3-8,11-12,15H2,1-2H3,(H2,24,28)(H,27,35)/b25-14+. The predicted octanol–water partition coefficient (Wildman–Crippen LogP) is 1.92. The lowest BCUT2D eigenvalue weighted by molar-refractivity contribution is 0.0947. The molecule has 13 nitrogen and oxygen atoms in total. The molecule has 0 bridgehead atoms. The molecule has 3 aromatic rings. The van der Waals surface area contributed by atoms with Crippen molar-refractivity contribution >= 4 is 23.6 Å². The van der Waals surface area contributed by atoms with Crippen molar-refractivity contribution in [1.29, 1.82) is 0 Å². The normalized spacial score (nSPS) is 14.7. The van der Waals surface area contributed by atoms with Crippen LogP contribution in [0.4, 0.5) is 11.5 Å². The van der Waals surface area contributed by atoms with Gasteiger partial charge in [0.2, 0.25) is 11.6 Å². The SMILES string of the molecule is CCN(CC)c1ccc(/C=N/NC(=O)c2nnn(-c3nonc3N)c2CN2CCCCCC2)c(O)c1. The van der Waals surface area contributed by atoms with Gasteiger partial charge in [-0.2, -0.15) is 9.78 Å². The van der Waals surface area contributed by atoms with E-state index < -0.39 is 5.91 Å². The Kier molecular flexibility index (Phi) is 8.10. The first-order valence-corrected chi connectivity index (χ1v) is 12.2. The molecular weight excluding hydrogens is 464 g/mol. The number of hydrazone groups is 1. The Bertz CT molecular complexity index is 1190. The van der Waals surface area contributed by atoms with E-state index in [-0.39, 0.29) is 23.1 Å². The van der Waals surface area contributed by atoms with Crippen LogP contribution in [0.5, 0.6) is 5.75 Å². The van der Waals surface area contributed by atoms with E-state index in [2.05, 4.69) is 54.8 Å². The van der Waals surface area contributed by atoms with Gasteiger partial charge in [-0.25, -0.2) is 10.1 Å². The molecule has 1 fully saturated rings. The summed E-state index contributed by atoms with van der Waals surface area (Å²) in [5.41, 5.74) is 10.3. The van der Waals surface area contributed by atoms with Crippen molar-refractivity contribution in [2.45, 2.75) is 46.1 Å². The molecule has 2 aromatic heterocycles. The molecule has 0 aliphatic carbocycles. The number of amides is 1. The molecular formula is C23H32N10O3. The van der Waals surface area contributed by atoms with Crippen molar-refractivity contribution in [1.82, 2.24) is 35.6 Å². The summed E-state index contributed by atoms with van der Waals surface area (Å²) < 4.78 is 6.10. The highest BCUT2D eigenvalue weighted by Crippen LogP contribution is 2.24. The average Bonchev–Trinajstić information content (AvgIpc) is 3.38. The molecule has 1 aliphatic rings. The molecule has 1 amide bonds. The third kappa shape index (κ3) is 5.62. The number of aromatic hydroxyl groups is 1. The number of nitrogens with zero attached hydrogens (tertiary/aromatic N) is 8. The maximum absolute atomic E-state index is 13.0. The first-order valence-electron chi connectivity index (χ1n) is 12.2. The summed E-state index contributed by atoms with van der Waals surface area (Å²) in [6.45, 7) is 8.00. The number of phenols is 1. The number of aromatic nitrogens is 5. The number of rotatable bonds is 9. The summed E-state index contributed by atoms with van der Waals surface area (Å²) >= 11 is 0. The van der Waals surface area contributed by atoms with Crippen LogP contribution in [0.15, 0.2) is 27.9 Å². The second-order valence-corrected chi connectivity index (χ2v) is 8.57. The molecule has 1 aromatic carbocycles. The smallest absolute Gasteiger partial charge is 0.293 e. The van der Waals surface area contributed by atoms with Gasteiger partial charge in [-0.15, -0.1) is 5.10 Å². The number of carbonyl (C=O) groups is 1. The highest BCUT2D eigenvalue weighted by atomic mass is 16.6. The summed E-state index contributed by atoms with van der Waals surface area (Å²) in [5, 5.41) is 30.0. The zero-order valence-corrected chi connectivity index (χ0v) is 20.6. The van der Waals surface area contributed by atoms with Crippen molar-refractivity contribution in [3.05, 3.63) is 35.2 Å². The molecule has 1 saturated heterocycles. The molecule has 192 valence electrons. The second kappa shape index (κ2) is 11.6. The van der Waals surface area contributed by atoms with Crippen LogP contribution in [-0.2, 0) is 6.54 Å². The third-order valence-corrected chi connectivity index (χ3v) is 6.26. The Morgan fingerprint density at radius 2 is 1.97 bits per heavy atom. The molecule has 4 rings (SSSR count). The lowest BCUT2D eigenvalue weighted by atomic mass is 10.2. The largest absolute Gasteiger partial charge is 0.507 e. The molecule has 4 N–H and O–H groups in total. The highest BCUT2D eigenvalue weighted by molar-refractivity contribution is 5.94. The summed E-state index contributed by atoms with van der Waals surface area (Å²) in [6.07, 6.45) is 5.91. The Labute approximate surface area is 208 Å². The van der Waals surface area contributed by atoms with Gasteiger partial charge in [0.05, 0.1) is 11.9 Å². The van der Waals surface area contributed by atoms with Gasteiger partial charge < -0.3 is 15.7 Å². The van der Waals surface area contributed by atoms with Crippen molar-refractivity contribution in [2.75, 3.05) is 36.8 Å². The number of nitrogens with two attached hydrogens (primary N) is 1. The Balaban J connectivity index is 1.53. The second-order valence-electron chi connectivity index (χ2n) is 8.57. The Hall–Kier alpha value is -4.00. The van der Waals surface area contributed by atoms with Gasteiger partial charge in [0, 0.05) is 37.0 Å². The molecule has 1 aliphatic heterocycles. The van der Waals surface area contributed by atoms with Crippen LogP contribution in [0, 0.1) is 0 Å². The molecule has 0 atom stereocenters. The molecule has 0 unspecified atom stereocenters. The fraction of sp³-hybridized carbons (Fsp3) is 0.478. The first-order chi connectivity index (χ1) is 17.5. The van der Waals surface area contributed by atoms with E-state index in [4.69, 9.17) is 10.4 Å². The van der Waals surface area contributed by atoms with Crippen molar-refractivity contribution in [2.24, 2.45) is 5.10 Å². The monoisotopic (exact) mass is 496 g/mol. The molecule has 0 saturated carbocycles.